The highest BCUT2D eigenvalue weighted by Gasteiger charge is 2.76. The highest BCUT2D eigenvalue weighted by Crippen LogP contribution is 2.59. The summed E-state index contributed by atoms with van der Waals surface area (Å²) in [5.41, 5.74) is -2.70. The van der Waals surface area contributed by atoms with E-state index in [9.17, 15) is 14.4 Å². The molecule has 22 heavy (non-hydrogen) atoms. The van der Waals surface area contributed by atoms with Crippen molar-refractivity contribution < 1.29 is 14.4 Å². The molecule has 0 unspecified atom stereocenters. The van der Waals surface area contributed by atoms with Crippen molar-refractivity contribution in [1.29, 1.82) is 0 Å². The molecule has 0 atom stereocenters. The maximum atomic E-state index is 13.3. The SMILES string of the molecule is CCCC12CN3CC(CCC)(C1=O)C(=O)C(CCC)(C3)C2=O. The third-order valence-corrected chi connectivity index (χ3v) is 6.12. The largest absolute Gasteiger partial charge is 0.299 e. The van der Waals surface area contributed by atoms with Crippen LogP contribution in [0.25, 0.3) is 0 Å². The van der Waals surface area contributed by atoms with Crippen LogP contribution in [0.15, 0.2) is 0 Å². The van der Waals surface area contributed by atoms with Gasteiger partial charge in [0.2, 0.25) is 0 Å². The number of hydrogen-bond donors (Lipinski definition) is 0. The topological polar surface area (TPSA) is 54.5 Å². The predicted molar refractivity (Wildman–Crippen MR) is 83.5 cm³/mol. The molecule has 4 heteroatoms. The molecule has 0 N–H and O–H groups in total. The summed E-state index contributed by atoms with van der Waals surface area (Å²) in [7, 11) is 0. The molecule has 4 nitrogen and oxygen atoms in total. The first-order valence-corrected chi connectivity index (χ1v) is 8.80. The minimum Gasteiger partial charge on any atom is -0.299 e. The second-order valence-electron chi connectivity index (χ2n) is 7.63. The highest BCUT2D eigenvalue weighted by atomic mass is 16.2. The van der Waals surface area contributed by atoms with Crippen LogP contribution in [0, 0.1) is 16.2 Å². The van der Waals surface area contributed by atoms with Gasteiger partial charge in [0.15, 0.2) is 17.3 Å². The maximum absolute atomic E-state index is 13.3. The fourth-order valence-corrected chi connectivity index (χ4v) is 5.63. The Hall–Kier alpha value is -1.03. The lowest BCUT2D eigenvalue weighted by Gasteiger charge is -2.64. The maximum Gasteiger partial charge on any atom is 0.162 e. The minimum absolute atomic E-state index is 0.0404. The summed E-state index contributed by atoms with van der Waals surface area (Å²) < 4.78 is 0. The number of carbonyl (C=O) groups excluding carboxylic acids is 3. The van der Waals surface area contributed by atoms with E-state index in [0.717, 1.165) is 19.3 Å². The van der Waals surface area contributed by atoms with Gasteiger partial charge in [0.1, 0.15) is 16.2 Å². The third kappa shape index (κ3) is 1.60. The minimum atomic E-state index is -0.899. The van der Waals surface area contributed by atoms with Crippen molar-refractivity contribution in [1.82, 2.24) is 4.90 Å². The van der Waals surface area contributed by atoms with Crippen molar-refractivity contribution in [2.75, 3.05) is 19.6 Å². The first-order chi connectivity index (χ1) is 10.4. The van der Waals surface area contributed by atoms with Gasteiger partial charge in [-0.25, -0.2) is 0 Å². The van der Waals surface area contributed by atoms with Gasteiger partial charge in [-0.2, -0.15) is 0 Å². The van der Waals surface area contributed by atoms with Gasteiger partial charge in [-0.05, 0) is 19.3 Å². The van der Waals surface area contributed by atoms with Crippen LogP contribution in [0.3, 0.4) is 0 Å². The Morgan fingerprint density at radius 3 is 1.18 bits per heavy atom. The van der Waals surface area contributed by atoms with Gasteiger partial charge in [-0.1, -0.05) is 40.0 Å². The molecule has 0 aromatic rings. The van der Waals surface area contributed by atoms with Gasteiger partial charge in [0.25, 0.3) is 0 Å². The molecule has 3 saturated heterocycles. The zero-order chi connectivity index (χ0) is 16.2. The molecular formula is C18H27NO3. The number of rotatable bonds is 6. The normalized spacial score (nSPS) is 43.2. The molecule has 0 aromatic carbocycles. The second-order valence-corrected chi connectivity index (χ2v) is 7.63. The monoisotopic (exact) mass is 305 g/mol. The number of carbonyl (C=O) groups is 3. The van der Waals surface area contributed by atoms with Crippen LogP contribution in [0.5, 0.6) is 0 Å². The molecule has 3 heterocycles. The van der Waals surface area contributed by atoms with Gasteiger partial charge >= 0.3 is 0 Å². The average molecular weight is 305 g/mol. The molecule has 0 aromatic heterocycles. The summed E-state index contributed by atoms with van der Waals surface area (Å²) in [4.78, 5) is 42.1. The number of piperidine rings is 3. The predicted octanol–water partition coefficient (Wildman–Crippen LogP) is 2.40. The average Bonchev–Trinajstić information content (AvgIpc) is 2.48. The van der Waals surface area contributed by atoms with Crippen LogP contribution < -0.4 is 0 Å². The highest BCUT2D eigenvalue weighted by molar-refractivity contribution is 6.32. The van der Waals surface area contributed by atoms with Crippen LogP contribution in [0.4, 0.5) is 0 Å². The zero-order valence-corrected chi connectivity index (χ0v) is 14.0. The molecule has 3 aliphatic heterocycles. The van der Waals surface area contributed by atoms with Crippen LogP contribution >= 0.6 is 0 Å². The quantitative estimate of drug-likeness (QED) is 0.707. The molecular weight excluding hydrogens is 278 g/mol. The summed E-state index contributed by atoms with van der Waals surface area (Å²) >= 11 is 0. The molecule has 1 aliphatic carbocycles. The third-order valence-electron chi connectivity index (χ3n) is 6.12. The Balaban J connectivity index is 2.19. The molecule has 0 spiro atoms. The number of nitrogens with zero attached hydrogens (tertiary/aromatic N) is 1. The number of hydrogen-bond acceptors (Lipinski definition) is 4. The van der Waals surface area contributed by atoms with E-state index >= 15 is 0 Å². The van der Waals surface area contributed by atoms with Crippen molar-refractivity contribution >= 4 is 17.3 Å². The van der Waals surface area contributed by atoms with Crippen LogP contribution in [0.1, 0.15) is 59.3 Å². The van der Waals surface area contributed by atoms with Crippen molar-refractivity contribution in [2.24, 2.45) is 16.2 Å². The summed E-state index contributed by atoms with van der Waals surface area (Å²) in [5.74, 6) is -0.121. The fraction of sp³-hybridized carbons (Fsp3) is 0.833. The Kier molecular flexibility index (Phi) is 3.59. The number of Topliss-reactive ketones (excluding diaryl/α,β-unsaturated/α-hetero) is 3. The summed E-state index contributed by atoms with van der Waals surface area (Å²) in [5, 5.41) is 0. The molecule has 1 saturated carbocycles. The smallest absolute Gasteiger partial charge is 0.162 e. The Bertz CT molecular complexity index is 442. The van der Waals surface area contributed by atoms with Crippen LogP contribution in [-0.4, -0.2) is 41.9 Å². The van der Waals surface area contributed by atoms with Crippen molar-refractivity contribution in [3.8, 4) is 0 Å². The molecule has 4 fully saturated rings. The second kappa shape index (κ2) is 4.98. The molecule has 4 rings (SSSR count). The van der Waals surface area contributed by atoms with E-state index in [4.69, 9.17) is 0 Å². The molecule has 122 valence electrons. The fourth-order valence-electron chi connectivity index (χ4n) is 5.63. The zero-order valence-electron chi connectivity index (χ0n) is 14.0. The molecule has 4 aliphatic rings. The Labute approximate surface area is 132 Å². The van der Waals surface area contributed by atoms with Crippen LogP contribution in [0.2, 0.25) is 0 Å². The van der Waals surface area contributed by atoms with E-state index in [2.05, 4.69) is 4.90 Å². The van der Waals surface area contributed by atoms with Gasteiger partial charge in [0, 0.05) is 19.6 Å². The van der Waals surface area contributed by atoms with Crippen molar-refractivity contribution in [2.45, 2.75) is 59.3 Å². The lowest BCUT2D eigenvalue weighted by molar-refractivity contribution is -0.194. The van der Waals surface area contributed by atoms with Crippen molar-refractivity contribution in [3.05, 3.63) is 0 Å². The van der Waals surface area contributed by atoms with E-state index in [1.807, 2.05) is 20.8 Å². The number of ketones is 3. The van der Waals surface area contributed by atoms with Gasteiger partial charge < -0.3 is 0 Å². The molecule has 0 radical (unpaired) electrons. The Morgan fingerprint density at radius 2 is 0.955 bits per heavy atom. The summed E-state index contributed by atoms with van der Waals surface area (Å²) in [6, 6.07) is 0. The summed E-state index contributed by atoms with van der Waals surface area (Å²) in [6.45, 7) is 7.70. The van der Waals surface area contributed by atoms with E-state index < -0.39 is 16.2 Å². The van der Waals surface area contributed by atoms with Gasteiger partial charge in [-0.15, -0.1) is 0 Å². The van der Waals surface area contributed by atoms with E-state index in [-0.39, 0.29) is 17.3 Å². The lowest BCUT2D eigenvalue weighted by atomic mass is 9.43. The molecule has 0 amide bonds. The van der Waals surface area contributed by atoms with Crippen molar-refractivity contribution in [3.63, 3.8) is 0 Å². The van der Waals surface area contributed by atoms with E-state index in [1.165, 1.54) is 0 Å². The Morgan fingerprint density at radius 1 is 0.682 bits per heavy atom. The first kappa shape index (κ1) is 15.9. The first-order valence-electron chi connectivity index (χ1n) is 8.80. The van der Waals surface area contributed by atoms with Crippen LogP contribution in [-0.2, 0) is 14.4 Å². The van der Waals surface area contributed by atoms with E-state index in [1.54, 1.807) is 0 Å². The van der Waals surface area contributed by atoms with E-state index in [0.29, 0.717) is 38.9 Å². The molecule has 4 bridgehead atoms. The lowest BCUT2D eigenvalue weighted by Crippen LogP contribution is -2.81. The summed E-state index contributed by atoms with van der Waals surface area (Å²) in [6.07, 6.45) is 4.24. The van der Waals surface area contributed by atoms with Gasteiger partial charge in [-0.3, -0.25) is 19.3 Å². The standard InChI is InChI=1S/C18H27NO3/c1-4-7-16-10-19-11-17(8-5-2,13(16)20)15(22)18(12-19,9-6-3)14(16)21/h4-12H2,1-3H3. The van der Waals surface area contributed by atoms with Gasteiger partial charge in [0.05, 0.1) is 0 Å².